The van der Waals surface area contributed by atoms with Crippen LogP contribution in [0.2, 0.25) is 0 Å². The third kappa shape index (κ3) is 2.47. The van der Waals surface area contributed by atoms with E-state index < -0.39 is 11.5 Å². The molecule has 3 unspecified atom stereocenters. The highest BCUT2D eigenvalue weighted by Gasteiger charge is 2.51. The van der Waals surface area contributed by atoms with Gasteiger partial charge in [0.2, 0.25) is 0 Å². The van der Waals surface area contributed by atoms with Crippen LogP contribution < -0.4 is 5.32 Å². The van der Waals surface area contributed by atoms with Gasteiger partial charge < -0.3 is 5.11 Å². The Balaban J connectivity index is 2.10. The fourth-order valence-electron chi connectivity index (χ4n) is 2.94. The van der Waals surface area contributed by atoms with Crippen molar-refractivity contribution in [3.63, 3.8) is 0 Å². The molecule has 2 N–H and O–H groups in total. The van der Waals surface area contributed by atoms with Crippen LogP contribution in [0.3, 0.4) is 0 Å². The number of carbonyl (C=O) groups is 1. The van der Waals surface area contributed by atoms with Crippen LogP contribution in [0.15, 0.2) is 0 Å². The number of nitrogens with zero attached hydrogens (tertiary/aromatic N) is 1. The quantitative estimate of drug-likeness (QED) is 0.764. The van der Waals surface area contributed by atoms with Gasteiger partial charge >= 0.3 is 5.97 Å². The first-order valence-electron chi connectivity index (χ1n) is 6.75. The minimum absolute atomic E-state index is 0.262. The van der Waals surface area contributed by atoms with Crippen molar-refractivity contribution in [2.45, 2.75) is 70.1 Å². The standard InChI is InChI=1S/C13H24N2O2/c1-4-9(2)14-13(12(16)17)7-10(3)15(8-13)11-5-6-11/h9-11,14H,4-8H2,1-3H3,(H,16,17). The van der Waals surface area contributed by atoms with Gasteiger partial charge in [-0.15, -0.1) is 0 Å². The molecule has 1 saturated heterocycles. The van der Waals surface area contributed by atoms with E-state index in [0.29, 0.717) is 18.6 Å². The molecule has 2 fully saturated rings. The molecule has 0 bridgehead atoms. The number of carboxylic acids is 1. The Morgan fingerprint density at radius 3 is 2.71 bits per heavy atom. The van der Waals surface area contributed by atoms with Crippen LogP contribution >= 0.6 is 0 Å². The zero-order valence-corrected chi connectivity index (χ0v) is 11.1. The van der Waals surface area contributed by atoms with E-state index in [9.17, 15) is 9.90 Å². The molecule has 0 aromatic heterocycles. The lowest BCUT2D eigenvalue weighted by atomic mass is 9.95. The van der Waals surface area contributed by atoms with E-state index in [1.807, 2.05) is 0 Å². The molecule has 1 heterocycles. The topological polar surface area (TPSA) is 52.6 Å². The third-order valence-electron chi connectivity index (χ3n) is 4.22. The number of nitrogens with one attached hydrogen (secondary N) is 1. The highest BCUT2D eigenvalue weighted by molar-refractivity contribution is 5.80. The van der Waals surface area contributed by atoms with Crippen LogP contribution in [0.5, 0.6) is 0 Å². The molecule has 3 atom stereocenters. The van der Waals surface area contributed by atoms with E-state index >= 15 is 0 Å². The van der Waals surface area contributed by atoms with Gasteiger partial charge in [-0.05, 0) is 39.5 Å². The van der Waals surface area contributed by atoms with E-state index in [0.717, 1.165) is 12.8 Å². The van der Waals surface area contributed by atoms with Crippen molar-refractivity contribution in [3.05, 3.63) is 0 Å². The van der Waals surface area contributed by atoms with Crippen LogP contribution in [0.25, 0.3) is 0 Å². The maximum absolute atomic E-state index is 11.6. The van der Waals surface area contributed by atoms with Gasteiger partial charge in [-0.3, -0.25) is 15.0 Å². The van der Waals surface area contributed by atoms with Gasteiger partial charge in [-0.2, -0.15) is 0 Å². The molecular weight excluding hydrogens is 216 g/mol. The van der Waals surface area contributed by atoms with Crippen LogP contribution in [-0.2, 0) is 4.79 Å². The normalized spacial score (nSPS) is 36.1. The lowest BCUT2D eigenvalue weighted by Gasteiger charge is -2.29. The van der Waals surface area contributed by atoms with E-state index in [2.05, 4.69) is 31.0 Å². The Morgan fingerprint density at radius 1 is 1.59 bits per heavy atom. The summed E-state index contributed by atoms with van der Waals surface area (Å²) in [4.78, 5) is 14.0. The molecule has 17 heavy (non-hydrogen) atoms. The van der Waals surface area contributed by atoms with Crippen molar-refractivity contribution in [2.24, 2.45) is 0 Å². The van der Waals surface area contributed by atoms with Gasteiger partial charge in [0.05, 0.1) is 0 Å². The first kappa shape index (κ1) is 12.8. The molecule has 1 saturated carbocycles. The monoisotopic (exact) mass is 240 g/mol. The SMILES string of the molecule is CCC(C)NC1(C(=O)O)CC(C)N(C2CC2)C1. The molecule has 0 amide bonds. The molecule has 0 aromatic rings. The van der Waals surface area contributed by atoms with Gasteiger partial charge in [-0.1, -0.05) is 6.92 Å². The fourth-order valence-corrected chi connectivity index (χ4v) is 2.94. The molecule has 1 aliphatic heterocycles. The fraction of sp³-hybridized carbons (Fsp3) is 0.923. The Hall–Kier alpha value is -0.610. The zero-order valence-electron chi connectivity index (χ0n) is 11.1. The zero-order chi connectivity index (χ0) is 12.6. The predicted octanol–water partition coefficient (Wildman–Crippen LogP) is 1.45. The van der Waals surface area contributed by atoms with Gasteiger partial charge in [-0.25, -0.2) is 0 Å². The van der Waals surface area contributed by atoms with Crippen molar-refractivity contribution in [3.8, 4) is 0 Å². The number of hydrogen-bond acceptors (Lipinski definition) is 3. The Labute approximate surface area is 103 Å². The molecule has 1 aliphatic carbocycles. The number of carboxylic acid groups (broad SMARTS) is 1. The Morgan fingerprint density at radius 2 is 2.24 bits per heavy atom. The molecule has 0 aromatic carbocycles. The Bertz CT molecular complexity index is 304. The molecule has 0 radical (unpaired) electrons. The average Bonchev–Trinajstić information content (AvgIpc) is 3.04. The van der Waals surface area contributed by atoms with Crippen LogP contribution in [0.1, 0.15) is 46.5 Å². The maximum Gasteiger partial charge on any atom is 0.325 e. The second kappa shape index (κ2) is 4.58. The molecule has 4 heteroatoms. The highest BCUT2D eigenvalue weighted by Crippen LogP contribution is 2.37. The molecule has 0 spiro atoms. The van der Waals surface area contributed by atoms with E-state index in [4.69, 9.17) is 0 Å². The number of hydrogen-bond donors (Lipinski definition) is 2. The maximum atomic E-state index is 11.6. The minimum atomic E-state index is -0.725. The van der Waals surface area contributed by atoms with Gasteiger partial charge in [0.1, 0.15) is 5.54 Å². The van der Waals surface area contributed by atoms with Crippen molar-refractivity contribution >= 4 is 5.97 Å². The number of aliphatic carboxylic acids is 1. The second-order valence-corrected chi connectivity index (χ2v) is 5.80. The van der Waals surface area contributed by atoms with Crippen molar-refractivity contribution in [1.82, 2.24) is 10.2 Å². The van der Waals surface area contributed by atoms with Gasteiger partial charge in [0, 0.05) is 24.7 Å². The van der Waals surface area contributed by atoms with Gasteiger partial charge in [0.15, 0.2) is 0 Å². The predicted molar refractivity (Wildman–Crippen MR) is 67.1 cm³/mol. The smallest absolute Gasteiger partial charge is 0.325 e. The molecule has 2 aliphatic rings. The summed E-state index contributed by atoms with van der Waals surface area (Å²) in [5.41, 5.74) is -0.725. The summed E-state index contributed by atoms with van der Waals surface area (Å²) >= 11 is 0. The number of rotatable bonds is 5. The van der Waals surface area contributed by atoms with E-state index in [-0.39, 0.29) is 6.04 Å². The van der Waals surface area contributed by atoms with Crippen LogP contribution in [0.4, 0.5) is 0 Å². The van der Waals surface area contributed by atoms with Gasteiger partial charge in [0.25, 0.3) is 0 Å². The molecular formula is C13H24N2O2. The third-order valence-corrected chi connectivity index (χ3v) is 4.22. The lowest BCUT2D eigenvalue weighted by molar-refractivity contribution is -0.144. The summed E-state index contributed by atoms with van der Waals surface area (Å²) in [6, 6.07) is 1.29. The van der Waals surface area contributed by atoms with E-state index in [1.165, 1.54) is 12.8 Å². The highest BCUT2D eigenvalue weighted by atomic mass is 16.4. The first-order chi connectivity index (χ1) is 7.98. The summed E-state index contributed by atoms with van der Waals surface area (Å²) < 4.78 is 0. The van der Waals surface area contributed by atoms with Crippen LogP contribution in [0, 0.1) is 0 Å². The summed E-state index contributed by atoms with van der Waals surface area (Å²) in [5, 5.41) is 12.9. The van der Waals surface area contributed by atoms with Crippen LogP contribution in [-0.4, -0.2) is 46.2 Å². The summed E-state index contributed by atoms with van der Waals surface area (Å²) in [7, 11) is 0. The molecule has 2 rings (SSSR count). The minimum Gasteiger partial charge on any atom is -0.480 e. The van der Waals surface area contributed by atoms with Crippen molar-refractivity contribution in [1.29, 1.82) is 0 Å². The summed E-state index contributed by atoms with van der Waals surface area (Å²) in [6.07, 6.45) is 4.17. The lowest BCUT2D eigenvalue weighted by Crippen LogP contribution is -2.57. The molecule has 98 valence electrons. The molecule has 4 nitrogen and oxygen atoms in total. The second-order valence-electron chi connectivity index (χ2n) is 5.80. The Kier molecular flexibility index (Phi) is 3.46. The first-order valence-corrected chi connectivity index (χ1v) is 6.75. The van der Waals surface area contributed by atoms with Crippen molar-refractivity contribution < 1.29 is 9.90 Å². The van der Waals surface area contributed by atoms with E-state index in [1.54, 1.807) is 0 Å². The number of likely N-dealkylation sites (tertiary alicyclic amines) is 1. The average molecular weight is 240 g/mol. The largest absolute Gasteiger partial charge is 0.480 e. The summed E-state index contributed by atoms with van der Waals surface area (Å²) in [5.74, 6) is -0.687. The van der Waals surface area contributed by atoms with Crippen molar-refractivity contribution in [2.75, 3.05) is 6.54 Å². The summed E-state index contributed by atoms with van der Waals surface area (Å²) in [6.45, 7) is 6.97.